The summed E-state index contributed by atoms with van der Waals surface area (Å²) >= 11 is 5.86. The van der Waals surface area contributed by atoms with E-state index in [9.17, 15) is 9.59 Å². The fourth-order valence-corrected chi connectivity index (χ4v) is 3.40. The van der Waals surface area contributed by atoms with Crippen molar-refractivity contribution in [2.24, 2.45) is 0 Å². The Bertz CT molecular complexity index is 999. The normalized spacial score (nSPS) is 10.9. The van der Waals surface area contributed by atoms with Gasteiger partial charge in [-0.2, -0.15) is 0 Å². The van der Waals surface area contributed by atoms with Gasteiger partial charge >= 0.3 is 0 Å². The summed E-state index contributed by atoms with van der Waals surface area (Å²) in [7, 11) is 1.76. The molecule has 2 amide bonds. The third-order valence-corrected chi connectivity index (χ3v) is 4.87. The first-order chi connectivity index (χ1) is 14.0. The largest absolute Gasteiger partial charge is 0.325 e. The van der Waals surface area contributed by atoms with Gasteiger partial charge in [0.15, 0.2) is 0 Å². The van der Waals surface area contributed by atoms with E-state index in [0.29, 0.717) is 17.3 Å². The number of nitrogens with zero attached hydrogens (tertiary/aromatic N) is 2. The average molecular weight is 410 g/mol. The first-order valence-electron chi connectivity index (χ1n) is 9.50. The van der Waals surface area contributed by atoms with Gasteiger partial charge in [-0.15, -0.1) is 0 Å². The molecule has 3 rings (SSSR count). The molecule has 0 aliphatic rings. The molecular formula is C23H24ClN3O2. The van der Waals surface area contributed by atoms with Crippen LogP contribution in [0.5, 0.6) is 0 Å². The molecular weight excluding hydrogens is 386 g/mol. The number of anilines is 2. The Morgan fingerprint density at radius 2 is 1.62 bits per heavy atom. The molecule has 0 bridgehead atoms. The van der Waals surface area contributed by atoms with Gasteiger partial charge in [-0.1, -0.05) is 48.0 Å². The number of amides is 2. The van der Waals surface area contributed by atoms with Crippen LogP contribution in [-0.4, -0.2) is 43.4 Å². The summed E-state index contributed by atoms with van der Waals surface area (Å²) in [6.45, 7) is 2.76. The van der Waals surface area contributed by atoms with Gasteiger partial charge in [-0.3, -0.25) is 14.5 Å². The van der Waals surface area contributed by atoms with Gasteiger partial charge in [0, 0.05) is 22.6 Å². The van der Waals surface area contributed by atoms with Gasteiger partial charge in [-0.05, 0) is 49.7 Å². The Morgan fingerprint density at radius 1 is 0.931 bits per heavy atom. The molecule has 0 radical (unpaired) electrons. The van der Waals surface area contributed by atoms with Crippen molar-refractivity contribution in [3.63, 3.8) is 0 Å². The summed E-state index contributed by atoms with van der Waals surface area (Å²) in [6.07, 6.45) is 0. The molecule has 0 heterocycles. The van der Waals surface area contributed by atoms with E-state index < -0.39 is 0 Å². The monoisotopic (exact) mass is 409 g/mol. The zero-order chi connectivity index (χ0) is 20.8. The fourth-order valence-electron chi connectivity index (χ4n) is 3.28. The van der Waals surface area contributed by atoms with Crippen molar-refractivity contribution in [3.05, 3.63) is 71.8 Å². The van der Waals surface area contributed by atoms with E-state index in [1.807, 2.05) is 49.4 Å². The molecule has 0 spiro atoms. The number of hydrogen-bond acceptors (Lipinski definition) is 3. The number of carbonyl (C=O) groups excluding carboxylic acids is 2. The second kappa shape index (κ2) is 9.54. The summed E-state index contributed by atoms with van der Waals surface area (Å²) < 4.78 is 0. The Balaban J connectivity index is 1.64. The minimum absolute atomic E-state index is 0.0503. The number of fused-ring (bicyclic) bond motifs is 1. The molecule has 0 aromatic heterocycles. The van der Waals surface area contributed by atoms with Crippen LogP contribution in [0.15, 0.2) is 66.7 Å². The Kier molecular flexibility index (Phi) is 6.86. The molecule has 0 aliphatic carbocycles. The number of benzene rings is 3. The lowest BCUT2D eigenvalue weighted by Gasteiger charge is -2.25. The van der Waals surface area contributed by atoms with Crippen molar-refractivity contribution in [1.29, 1.82) is 0 Å². The molecule has 0 saturated carbocycles. The zero-order valence-corrected chi connectivity index (χ0v) is 17.3. The van der Waals surface area contributed by atoms with Crippen LogP contribution in [0.4, 0.5) is 11.4 Å². The number of hydrogen-bond donors (Lipinski definition) is 1. The highest BCUT2D eigenvalue weighted by Crippen LogP contribution is 2.26. The second-order valence-electron chi connectivity index (χ2n) is 6.86. The van der Waals surface area contributed by atoms with E-state index in [0.717, 1.165) is 16.5 Å². The maximum Gasteiger partial charge on any atom is 0.241 e. The quantitative estimate of drug-likeness (QED) is 0.628. The Labute approximate surface area is 175 Å². The summed E-state index contributed by atoms with van der Waals surface area (Å²) in [5.74, 6) is -0.235. The van der Waals surface area contributed by atoms with E-state index in [2.05, 4.69) is 5.32 Å². The number of rotatable bonds is 7. The van der Waals surface area contributed by atoms with Crippen molar-refractivity contribution in [2.45, 2.75) is 6.92 Å². The molecule has 0 saturated heterocycles. The zero-order valence-electron chi connectivity index (χ0n) is 16.6. The van der Waals surface area contributed by atoms with E-state index in [4.69, 9.17) is 11.6 Å². The van der Waals surface area contributed by atoms with Crippen LogP contribution >= 0.6 is 11.6 Å². The molecule has 6 heteroatoms. The van der Waals surface area contributed by atoms with Crippen molar-refractivity contribution < 1.29 is 9.59 Å². The van der Waals surface area contributed by atoms with E-state index in [1.54, 1.807) is 41.1 Å². The first kappa shape index (κ1) is 20.8. The molecule has 150 valence electrons. The molecule has 5 nitrogen and oxygen atoms in total. The van der Waals surface area contributed by atoms with E-state index >= 15 is 0 Å². The molecule has 3 aromatic carbocycles. The minimum atomic E-state index is -0.184. The maximum atomic E-state index is 12.9. The summed E-state index contributed by atoms with van der Waals surface area (Å²) in [5.41, 5.74) is 1.56. The summed E-state index contributed by atoms with van der Waals surface area (Å²) in [6, 6.07) is 20.9. The molecule has 0 unspecified atom stereocenters. The number of nitrogens with one attached hydrogen (secondary N) is 1. The van der Waals surface area contributed by atoms with Crippen LogP contribution in [0.2, 0.25) is 5.02 Å². The van der Waals surface area contributed by atoms with Gasteiger partial charge in [-0.25, -0.2) is 0 Å². The standard InChI is InChI=1S/C23H24ClN3O2/c1-3-27(21-10-6-8-17-7-4-5-9-20(17)21)23(29)16-26(2)15-22(28)25-19-13-11-18(24)12-14-19/h4-14H,3,15-16H2,1-2H3,(H,25,28). The van der Waals surface area contributed by atoms with Gasteiger partial charge in [0.2, 0.25) is 11.8 Å². The SMILES string of the molecule is CCN(C(=O)CN(C)CC(=O)Nc1ccc(Cl)cc1)c1cccc2ccccc12. The smallest absolute Gasteiger partial charge is 0.241 e. The van der Waals surface area contributed by atoms with Crippen LogP contribution in [0.1, 0.15) is 6.92 Å². The van der Waals surface area contributed by atoms with Gasteiger partial charge in [0.05, 0.1) is 18.8 Å². The van der Waals surface area contributed by atoms with Crippen molar-refractivity contribution in [1.82, 2.24) is 4.90 Å². The molecule has 0 fully saturated rings. The lowest BCUT2D eigenvalue weighted by Crippen LogP contribution is -2.41. The highest BCUT2D eigenvalue weighted by Gasteiger charge is 2.19. The average Bonchev–Trinajstić information content (AvgIpc) is 2.70. The van der Waals surface area contributed by atoms with Gasteiger partial charge in [0.1, 0.15) is 0 Å². The van der Waals surface area contributed by atoms with Crippen molar-refractivity contribution in [2.75, 3.05) is 36.9 Å². The van der Waals surface area contributed by atoms with Crippen LogP contribution in [0.25, 0.3) is 10.8 Å². The molecule has 0 atom stereocenters. The highest BCUT2D eigenvalue weighted by molar-refractivity contribution is 6.30. The lowest BCUT2D eigenvalue weighted by molar-refractivity contribution is -0.120. The topological polar surface area (TPSA) is 52.7 Å². The molecule has 3 aromatic rings. The van der Waals surface area contributed by atoms with Crippen LogP contribution in [-0.2, 0) is 9.59 Å². The summed E-state index contributed by atoms with van der Waals surface area (Å²) in [4.78, 5) is 28.7. The fraction of sp³-hybridized carbons (Fsp3) is 0.217. The predicted octanol–water partition coefficient (Wildman–Crippen LogP) is 4.42. The molecule has 1 N–H and O–H groups in total. The van der Waals surface area contributed by atoms with Crippen LogP contribution in [0, 0.1) is 0 Å². The third kappa shape index (κ3) is 5.34. The molecule has 0 aliphatic heterocycles. The number of likely N-dealkylation sites (N-methyl/N-ethyl adjacent to an activating group) is 2. The lowest BCUT2D eigenvalue weighted by atomic mass is 10.1. The summed E-state index contributed by atoms with van der Waals surface area (Å²) in [5, 5.41) is 5.54. The van der Waals surface area contributed by atoms with Crippen LogP contribution < -0.4 is 10.2 Å². The first-order valence-corrected chi connectivity index (χ1v) is 9.88. The van der Waals surface area contributed by atoms with E-state index in [1.165, 1.54) is 0 Å². The maximum absolute atomic E-state index is 12.9. The van der Waals surface area contributed by atoms with Crippen molar-refractivity contribution in [3.8, 4) is 0 Å². The second-order valence-corrected chi connectivity index (χ2v) is 7.30. The third-order valence-electron chi connectivity index (χ3n) is 4.62. The van der Waals surface area contributed by atoms with Gasteiger partial charge in [0.25, 0.3) is 0 Å². The number of carbonyl (C=O) groups is 2. The Morgan fingerprint density at radius 3 is 2.34 bits per heavy atom. The van der Waals surface area contributed by atoms with Crippen molar-refractivity contribution >= 4 is 45.6 Å². The van der Waals surface area contributed by atoms with E-state index in [-0.39, 0.29) is 24.9 Å². The minimum Gasteiger partial charge on any atom is -0.325 e. The molecule has 29 heavy (non-hydrogen) atoms. The Hall–Kier alpha value is -2.89. The van der Waals surface area contributed by atoms with Crippen LogP contribution in [0.3, 0.4) is 0 Å². The predicted molar refractivity (Wildman–Crippen MR) is 120 cm³/mol. The number of halogens is 1. The highest BCUT2D eigenvalue weighted by atomic mass is 35.5. The van der Waals surface area contributed by atoms with Gasteiger partial charge < -0.3 is 10.2 Å².